The Balaban J connectivity index is 1.62. The van der Waals surface area contributed by atoms with Gasteiger partial charge in [-0.25, -0.2) is 4.98 Å². The molecule has 0 aliphatic heterocycles. The van der Waals surface area contributed by atoms with Crippen molar-refractivity contribution in [3.05, 3.63) is 47.5 Å². The number of hydrogen-bond donors (Lipinski definition) is 1. The van der Waals surface area contributed by atoms with Crippen LogP contribution in [0.2, 0.25) is 0 Å². The molecule has 0 radical (unpaired) electrons. The number of pyridine rings is 2. The quantitative estimate of drug-likeness (QED) is 0.376. The highest BCUT2D eigenvalue weighted by Gasteiger charge is 2.18. The van der Waals surface area contributed by atoms with E-state index in [4.69, 9.17) is 10.00 Å². The Labute approximate surface area is 203 Å². The number of nitrogens with zero attached hydrogens (tertiary/aromatic N) is 7. The first-order chi connectivity index (χ1) is 16.8. The van der Waals surface area contributed by atoms with E-state index in [0.717, 1.165) is 16.8 Å². The molecule has 0 bridgehead atoms. The lowest BCUT2D eigenvalue weighted by atomic mass is 10.1. The van der Waals surface area contributed by atoms with E-state index in [9.17, 15) is 4.79 Å². The van der Waals surface area contributed by atoms with E-state index in [2.05, 4.69) is 45.3 Å². The van der Waals surface area contributed by atoms with Crippen molar-refractivity contribution >= 4 is 28.7 Å². The Kier molecular flexibility index (Phi) is 6.78. The van der Waals surface area contributed by atoms with E-state index in [1.807, 2.05) is 29.3 Å². The van der Waals surface area contributed by atoms with E-state index in [-0.39, 0.29) is 18.1 Å². The average Bonchev–Trinajstić information content (AvgIpc) is 3.35. The van der Waals surface area contributed by atoms with Crippen LogP contribution in [-0.4, -0.2) is 35.1 Å². The van der Waals surface area contributed by atoms with Crippen molar-refractivity contribution in [2.45, 2.75) is 53.0 Å². The molecular formula is C25H28N8O2. The Morgan fingerprint density at radius 3 is 2.80 bits per heavy atom. The van der Waals surface area contributed by atoms with Gasteiger partial charge >= 0.3 is 0 Å². The van der Waals surface area contributed by atoms with Crippen molar-refractivity contribution in [1.29, 1.82) is 5.26 Å². The number of aryl methyl sites for hydroxylation is 3. The molecule has 180 valence electrons. The molecule has 1 N–H and O–H groups in total. The Morgan fingerprint density at radius 2 is 2.09 bits per heavy atom. The van der Waals surface area contributed by atoms with Gasteiger partial charge in [-0.2, -0.15) is 15.3 Å². The number of carbonyl (C=O) groups excluding carboxylic acids is 1. The van der Waals surface area contributed by atoms with Gasteiger partial charge in [0, 0.05) is 43.1 Å². The molecule has 4 rings (SSSR count). The van der Waals surface area contributed by atoms with Crippen molar-refractivity contribution in [1.82, 2.24) is 29.3 Å². The Bertz CT molecular complexity index is 1430. The van der Waals surface area contributed by atoms with Crippen LogP contribution in [-0.2, 0) is 24.8 Å². The van der Waals surface area contributed by atoms with Crippen molar-refractivity contribution in [3.8, 4) is 17.6 Å². The molecule has 0 saturated heterocycles. The van der Waals surface area contributed by atoms with Gasteiger partial charge in [-0.05, 0) is 25.8 Å². The van der Waals surface area contributed by atoms with Crippen molar-refractivity contribution in [2.75, 3.05) is 5.32 Å². The molecule has 0 aromatic carbocycles. The highest BCUT2D eigenvalue weighted by Crippen LogP contribution is 2.31. The standard InChI is InChI=1S/C25H28N8O2/c1-15(2)20-13-22(31-33(20)10-6-8-26)29-25-30-24-23(32(25)5)17(4)21(14-28-24)35-19-7-9-27-18(12-19)11-16(3)34/h7,9,12-15H,6,10-11H2,1-5H3,(H,28,29,30,31). The van der Waals surface area contributed by atoms with Crippen LogP contribution in [0.15, 0.2) is 30.6 Å². The molecule has 0 atom stereocenters. The number of ketones is 1. The van der Waals surface area contributed by atoms with Gasteiger partial charge in [-0.1, -0.05) is 13.8 Å². The van der Waals surface area contributed by atoms with E-state index in [1.165, 1.54) is 6.92 Å². The molecule has 10 heteroatoms. The summed E-state index contributed by atoms with van der Waals surface area (Å²) in [7, 11) is 1.91. The summed E-state index contributed by atoms with van der Waals surface area (Å²) in [6, 6.07) is 7.66. The second-order valence-electron chi connectivity index (χ2n) is 8.74. The molecule has 0 spiro atoms. The fourth-order valence-corrected chi connectivity index (χ4v) is 3.95. The predicted octanol–water partition coefficient (Wildman–Crippen LogP) is 4.57. The highest BCUT2D eigenvalue weighted by molar-refractivity contribution is 5.81. The van der Waals surface area contributed by atoms with Gasteiger partial charge < -0.3 is 14.6 Å². The molecule has 0 aliphatic rings. The monoisotopic (exact) mass is 472 g/mol. The third kappa shape index (κ3) is 5.14. The van der Waals surface area contributed by atoms with Crippen LogP contribution in [0.5, 0.6) is 11.5 Å². The van der Waals surface area contributed by atoms with Crippen molar-refractivity contribution in [2.24, 2.45) is 7.05 Å². The van der Waals surface area contributed by atoms with Gasteiger partial charge in [0.05, 0.1) is 36.4 Å². The van der Waals surface area contributed by atoms with Crippen LogP contribution >= 0.6 is 0 Å². The van der Waals surface area contributed by atoms with E-state index < -0.39 is 0 Å². The topological polar surface area (TPSA) is 124 Å². The zero-order valence-corrected chi connectivity index (χ0v) is 20.5. The molecule has 4 aromatic rings. The van der Waals surface area contributed by atoms with E-state index in [0.29, 0.717) is 47.6 Å². The number of nitrogens with one attached hydrogen (secondary N) is 1. The number of aromatic nitrogens is 6. The molecule has 0 amide bonds. The number of imidazole rings is 1. The summed E-state index contributed by atoms with van der Waals surface area (Å²) < 4.78 is 9.87. The van der Waals surface area contributed by atoms with Crippen LogP contribution in [0, 0.1) is 18.3 Å². The molecule has 4 heterocycles. The Morgan fingerprint density at radius 1 is 1.29 bits per heavy atom. The number of nitriles is 1. The maximum Gasteiger partial charge on any atom is 0.210 e. The number of Topliss-reactive ketones (excluding diaryl/α,β-unsaturated/α-hetero) is 1. The summed E-state index contributed by atoms with van der Waals surface area (Å²) in [6.07, 6.45) is 3.93. The van der Waals surface area contributed by atoms with Gasteiger partial charge in [-0.15, -0.1) is 0 Å². The zero-order chi connectivity index (χ0) is 25.1. The summed E-state index contributed by atoms with van der Waals surface area (Å²) in [5.74, 6) is 2.75. The molecule has 35 heavy (non-hydrogen) atoms. The first-order valence-corrected chi connectivity index (χ1v) is 11.4. The number of carbonyl (C=O) groups is 1. The lowest BCUT2D eigenvalue weighted by molar-refractivity contribution is -0.116. The smallest absolute Gasteiger partial charge is 0.210 e. The van der Waals surface area contributed by atoms with Gasteiger partial charge in [-0.3, -0.25) is 14.5 Å². The average molecular weight is 473 g/mol. The van der Waals surface area contributed by atoms with E-state index in [1.54, 1.807) is 24.5 Å². The summed E-state index contributed by atoms with van der Waals surface area (Å²) in [5.41, 5.74) is 4.00. The van der Waals surface area contributed by atoms with Gasteiger partial charge in [0.2, 0.25) is 5.95 Å². The minimum Gasteiger partial charge on any atom is -0.455 e. The summed E-state index contributed by atoms with van der Waals surface area (Å²) >= 11 is 0. The minimum atomic E-state index is 0.0410. The molecule has 0 aliphatic carbocycles. The molecular weight excluding hydrogens is 444 g/mol. The van der Waals surface area contributed by atoms with Gasteiger partial charge in [0.25, 0.3) is 0 Å². The molecule has 0 unspecified atom stereocenters. The molecule has 4 aromatic heterocycles. The SMILES string of the molecule is CC(=O)Cc1cc(Oc2cnc3nc(Nc4cc(C(C)C)n(CCC#N)n4)n(C)c3c2C)ccn1. The second kappa shape index (κ2) is 9.93. The fraction of sp³-hybridized carbons (Fsp3) is 0.360. The second-order valence-corrected chi connectivity index (χ2v) is 8.74. The van der Waals surface area contributed by atoms with Crippen molar-refractivity contribution < 1.29 is 9.53 Å². The third-order valence-corrected chi connectivity index (χ3v) is 5.63. The lowest BCUT2D eigenvalue weighted by Gasteiger charge is -2.10. The number of fused-ring (bicyclic) bond motifs is 1. The molecule has 10 nitrogen and oxygen atoms in total. The first kappa shape index (κ1) is 23.9. The molecule has 0 fully saturated rings. The third-order valence-electron chi connectivity index (χ3n) is 5.63. The predicted molar refractivity (Wildman–Crippen MR) is 132 cm³/mol. The summed E-state index contributed by atoms with van der Waals surface area (Å²) in [4.78, 5) is 24.8. The summed E-state index contributed by atoms with van der Waals surface area (Å²) in [6.45, 7) is 8.22. The van der Waals surface area contributed by atoms with Crippen LogP contribution in [0.3, 0.4) is 0 Å². The van der Waals surface area contributed by atoms with Gasteiger partial charge in [0.1, 0.15) is 11.5 Å². The molecule has 0 saturated carbocycles. The van der Waals surface area contributed by atoms with Gasteiger partial charge in [0.15, 0.2) is 17.2 Å². The maximum atomic E-state index is 11.4. The normalized spacial score (nSPS) is 11.1. The van der Waals surface area contributed by atoms with Crippen LogP contribution in [0.25, 0.3) is 11.2 Å². The minimum absolute atomic E-state index is 0.0410. The number of ether oxygens (including phenoxy) is 1. The number of rotatable bonds is 9. The maximum absolute atomic E-state index is 11.4. The van der Waals surface area contributed by atoms with Crippen LogP contribution in [0.4, 0.5) is 11.8 Å². The Hall–Kier alpha value is -4.26. The van der Waals surface area contributed by atoms with Crippen LogP contribution in [0.1, 0.15) is 50.1 Å². The van der Waals surface area contributed by atoms with Crippen molar-refractivity contribution in [3.63, 3.8) is 0 Å². The van der Waals surface area contributed by atoms with Crippen LogP contribution < -0.4 is 10.1 Å². The highest BCUT2D eigenvalue weighted by atomic mass is 16.5. The first-order valence-electron chi connectivity index (χ1n) is 11.4. The summed E-state index contributed by atoms with van der Waals surface area (Å²) in [5, 5.41) is 16.9. The zero-order valence-electron chi connectivity index (χ0n) is 20.5. The largest absolute Gasteiger partial charge is 0.455 e. The van der Waals surface area contributed by atoms with E-state index >= 15 is 0 Å². The fourth-order valence-electron chi connectivity index (χ4n) is 3.95. The lowest BCUT2D eigenvalue weighted by Crippen LogP contribution is -2.06. The number of anilines is 2. The number of hydrogen-bond acceptors (Lipinski definition) is 8.